The molecule has 0 atom stereocenters. The average Bonchev–Trinajstić information content (AvgIpc) is 2.20. The maximum atomic E-state index is 8.78. The van der Waals surface area contributed by atoms with E-state index in [0.29, 0.717) is 22.6 Å². The average molecular weight is 187 g/mol. The molecule has 4 nitrogen and oxygen atoms in total. The van der Waals surface area contributed by atoms with Crippen LogP contribution >= 0.6 is 0 Å². The number of hydrogen-bond donors (Lipinski definition) is 1. The summed E-state index contributed by atoms with van der Waals surface area (Å²) in [5, 5.41) is 17.3. The SMILES string of the molecule is COc1cc(N)c(CC#N)cc1C#N. The quantitative estimate of drug-likeness (QED) is 0.705. The fourth-order valence-electron chi connectivity index (χ4n) is 1.13. The van der Waals surface area contributed by atoms with E-state index in [1.807, 2.05) is 12.1 Å². The molecule has 0 saturated carbocycles. The summed E-state index contributed by atoms with van der Waals surface area (Å²) in [5.74, 6) is 0.437. The standard InChI is InChI=1S/C10H9N3O/c1-14-10-5-9(13)7(2-3-11)4-8(10)6-12/h4-5H,2,13H2,1H3. The highest BCUT2D eigenvalue weighted by Gasteiger charge is 2.07. The first-order valence-electron chi connectivity index (χ1n) is 3.96. The second kappa shape index (κ2) is 4.15. The molecule has 0 spiro atoms. The van der Waals surface area contributed by atoms with Crippen LogP contribution in [0.5, 0.6) is 5.75 Å². The van der Waals surface area contributed by atoms with Crippen molar-refractivity contribution in [3.8, 4) is 17.9 Å². The first-order chi connectivity index (χ1) is 6.72. The van der Waals surface area contributed by atoms with Crippen LogP contribution in [-0.4, -0.2) is 7.11 Å². The molecule has 4 heteroatoms. The van der Waals surface area contributed by atoms with Crippen LogP contribution in [0.1, 0.15) is 11.1 Å². The first kappa shape index (κ1) is 9.88. The van der Waals surface area contributed by atoms with Crippen molar-refractivity contribution in [1.82, 2.24) is 0 Å². The van der Waals surface area contributed by atoms with Crippen molar-refractivity contribution in [3.63, 3.8) is 0 Å². The largest absolute Gasteiger partial charge is 0.495 e. The van der Waals surface area contributed by atoms with Crippen molar-refractivity contribution in [1.29, 1.82) is 10.5 Å². The lowest BCUT2D eigenvalue weighted by Crippen LogP contribution is -1.97. The summed E-state index contributed by atoms with van der Waals surface area (Å²) < 4.78 is 4.96. The summed E-state index contributed by atoms with van der Waals surface area (Å²) >= 11 is 0. The Labute approximate surface area is 82.1 Å². The van der Waals surface area contributed by atoms with Crippen LogP contribution in [-0.2, 0) is 6.42 Å². The van der Waals surface area contributed by atoms with Crippen LogP contribution in [0.4, 0.5) is 5.69 Å². The minimum atomic E-state index is 0.199. The smallest absolute Gasteiger partial charge is 0.138 e. The van der Waals surface area contributed by atoms with Gasteiger partial charge in [-0.25, -0.2) is 0 Å². The highest BCUT2D eigenvalue weighted by Crippen LogP contribution is 2.24. The van der Waals surface area contributed by atoms with Crippen LogP contribution in [0.25, 0.3) is 0 Å². The van der Waals surface area contributed by atoms with E-state index in [9.17, 15) is 0 Å². The number of nitrogen functional groups attached to an aromatic ring is 1. The molecule has 0 saturated heterocycles. The number of benzene rings is 1. The van der Waals surface area contributed by atoms with Crippen molar-refractivity contribution in [2.75, 3.05) is 12.8 Å². The number of anilines is 1. The van der Waals surface area contributed by atoms with Gasteiger partial charge in [-0.1, -0.05) is 0 Å². The van der Waals surface area contributed by atoms with Gasteiger partial charge in [-0.2, -0.15) is 10.5 Å². The van der Waals surface area contributed by atoms with Crippen molar-refractivity contribution < 1.29 is 4.74 Å². The molecule has 0 aliphatic heterocycles. The van der Waals surface area contributed by atoms with Crippen molar-refractivity contribution in [2.24, 2.45) is 0 Å². The second-order valence-corrected chi connectivity index (χ2v) is 2.70. The fourth-order valence-corrected chi connectivity index (χ4v) is 1.13. The van der Waals surface area contributed by atoms with Gasteiger partial charge in [0.25, 0.3) is 0 Å². The van der Waals surface area contributed by atoms with Gasteiger partial charge in [0.2, 0.25) is 0 Å². The summed E-state index contributed by atoms with van der Waals surface area (Å²) in [5.41, 5.74) is 7.19. The third-order valence-electron chi connectivity index (χ3n) is 1.85. The Hall–Kier alpha value is -2.20. The van der Waals surface area contributed by atoms with Crippen LogP contribution in [0, 0.1) is 22.7 Å². The molecule has 2 N–H and O–H groups in total. The molecule has 0 heterocycles. The Kier molecular flexibility index (Phi) is 2.93. The molecule has 1 aromatic rings. The van der Waals surface area contributed by atoms with Gasteiger partial charge in [-0.3, -0.25) is 0 Å². The van der Waals surface area contributed by atoms with Crippen molar-refractivity contribution in [3.05, 3.63) is 23.3 Å². The van der Waals surface area contributed by atoms with E-state index in [0.717, 1.165) is 0 Å². The van der Waals surface area contributed by atoms with E-state index >= 15 is 0 Å². The van der Waals surface area contributed by atoms with Crippen LogP contribution in [0.2, 0.25) is 0 Å². The summed E-state index contributed by atoms with van der Waals surface area (Å²) in [4.78, 5) is 0. The Morgan fingerprint density at radius 2 is 2.14 bits per heavy atom. The van der Waals surface area contributed by atoms with Gasteiger partial charge in [-0.15, -0.1) is 0 Å². The van der Waals surface area contributed by atoms with Gasteiger partial charge < -0.3 is 10.5 Å². The highest BCUT2D eigenvalue weighted by molar-refractivity contribution is 5.59. The molecule has 0 fully saturated rings. The lowest BCUT2D eigenvalue weighted by atomic mass is 10.1. The van der Waals surface area contributed by atoms with Gasteiger partial charge >= 0.3 is 0 Å². The zero-order valence-electron chi connectivity index (χ0n) is 7.74. The highest BCUT2D eigenvalue weighted by atomic mass is 16.5. The molecule has 14 heavy (non-hydrogen) atoms. The van der Waals surface area contributed by atoms with Gasteiger partial charge in [-0.05, 0) is 11.6 Å². The zero-order chi connectivity index (χ0) is 10.6. The van der Waals surface area contributed by atoms with Crippen LogP contribution in [0.15, 0.2) is 12.1 Å². The predicted octanol–water partition coefficient (Wildman–Crippen LogP) is 1.22. The Balaban J connectivity index is 3.26. The topological polar surface area (TPSA) is 82.8 Å². The van der Waals surface area contributed by atoms with E-state index < -0.39 is 0 Å². The fraction of sp³-hybridized carbons (Fsp3) is 0.200. The maximum Gasteiger partial charge on any atom is 0.138 e. The number of hydrogen-bond acceptors (Lipinski definition) is 4. The van der Waals surface area contributed by atoms with Crippen molar-refractivity contribution >= 4 is 5.69 Å². The number of methoxy groups -OCH3 is 1. The third-order valence-corrected chi connectivity index (χ3v) is 1.85. The molecule has 0 aliphatic carbocycles. The van der Waals surface area contributed by atoms with Gasteiger partial charge in [0, 0.05) is 11.8 Å². The van der Waals surface area contributed by atoms with E-state index in [1.165, 1.54) is 7.11 Å². The lowest BCUT2D eigenvalue weighted by molar-refractivity contribution is 0.413. The predicted molar refractivity (Wildman–Crippen MR) is 51.4 cm³/mol. The van der Waals surface area contributed by atoms with Crippen LogP contribution < -0.4 is 10.5 Å². The number of ether oxygens (including phenoxy) is 1. The first-order valence-corrected chi connectivity index (χ1v) is 3.96. The van der Waals surface area contributed by atoms with Gasteiger partial charge in [0.15, 0.2) is 0 Å². The Morgan fingerprint density at radius 1 is 1.43 bits per heavy atom. The molecule has 0 aromatic heterocycles. The molecule has 70 valence electrons. The molecule has 0 bridgehead atoms. The molecular formula is C10H9N3O. The summed E-state index contributed by atoms with van der Waals surface area (Å²) in [6.07, 6.45) is 0.199. The number of nitrogens with two attached hydrogens (primary N) is 1. The number of nitrogens with zero attached hydrogens (tertiary/aromatic N) is 2. The molecule has 0 radical (unpaired) electrons. The molecular weight excluding hydrogens is 178 g/mol. The van der Waals surface area contributed by atoms with Gasteiger partial charge in [0.1, 0.15) is 11.8 Å². The van der Waals surface area contributed by atoms with E-state index in [4.69, 9.17) is 21.0 Å². The lowest BCUT2D eigenvalue weighted by Gasteiger charge is -2.06. The van der Waals surface area contributed by atoms with Crippen molar-refractivity contribution in [2.45, 2.75) is 6.42 Å². The molecule has 0 aliphatic rings. The number of nitriles is 2. The minimum Gasteiger partial charge on any atom is -0.495 e. The van der Waals surface area contributed by atoms with E-state index in [-0.39, 0.29) is 6.42 Å². The number of rotatable bonds is 2. The zero-order valence-corrected chi connectivity index (χ0v) is 7.74. The third kappa shape index (κ3) is 1.75. The van der Waals surface area contributed by atoms with Gasteiger partial charge in [0.05, 0.1) is 25.2 Å². The summed E-state index contributed by atoms with van der Waals surface area (Å²) in [6, 6.07) is 7.11. The van der Waals surface area contributed by atoms with E-state index in [1.54, 1.807) is 12.1 Å². The summed E-state index contributed by atoms with van der Waals surface area (Å²) in [6.45, 7) is 0. The molecule has 1 rings (SSSR count). The molecule has 0 amide bonds. The molecule has 1 aromatic carbocycles. The van der Waals surface area contributed by atoms with E-state index in [2.05, 4.69) is 0 Å². The normalized spacial score (nSPS) is 8.79. The maximum absolute atomic E-state index is 8.78. The van der Waals surface area contributed by atoms with Crippen LogP contribution in [0.3, 0.4) is 0 Å². The molecule has 0 unspecified atom stereocenters. The monoisotopic (exact) mass is 187 g/mol. The Bertz CT molecular complexity index is 426. The Morgan fingerprint density at radius 3 is 2.64 bits per heavy atom. The minimum absolute atomic E-state index is 0.199. The second-order valence-electron chi connectivity index (χ2n) is 2.70. The summed E-state index contributed by atoms with van der Waals surface area (Å²) in [7, 11) is 1.47.